The van der Waals surface area contributed by atoms with Crippen LogP contribution in [-0.2, 0) is 4.74 Å². The van der Waals surface area contributed by atoms with E-state index in [2.05, 4.69) is 20.8 Å². The molecule has 1 aliphatic heterocycles. The van der Waals surface area contributed by atoms with Crippen LogP contribution in [0.25, 0.3) is 0 Å². The molecule has 17 heavy (non-hydrogen) atoms. The van der Waals surface area contributed by atoms with E-state index in [-0.39, 0.29) is 11.9 Å². The summed E-state index contributed by atoms with van der Waals surface area (Å²) in [6.07, 6.45) is -0.155. The van der Waals surface area contributed by atoms with Gasteiger partial charge in [-0.15, -0.1) is 0 Å². The molecular weight excluding hydrogens is 287 g/mol. The van der Waals surface area contributed by atoms with Crippen LogP contribution in [0.4, 0.5) is 4.39 Å². The van der Waals surface area contributed by atoms with Crippen molar-refractivity contribution < 1.29 is 9.13 Å². The minimum absolute atomic E-state index is 0.155. The van der Waals surface area contributed by atoms with Crippen molar-refractivity contribution in [2.75, 3.05) is 26.7 Å². The summed E-state index contributed by atoms with van der Waals surface area (Å²) in [5.41, 5.74) is 6.59. The second-order valence-corrected chi connectivity index (χ2v) is 5.19. The fourth-order valence-electron chi connectivity index (χ4n) is 2.01. The molecule has 1 saturated heterocycles. The maximum Gasteiger partial charge on any atom is 0.142 e. The van der Waals surface area contributed by atoms with E-state index in [1.807, 2.05) is 7.05 Å². The molecular formula is C12H16BrFN2O. The summed E-state index contributed by atoms with van der Waals surface area (Å²) in [4.78, 5) is 2.14. The third kappa shape index (κ3) is 2.85. The van der Waals surface area contributed by atoms with Gasteiger partial charge in [0, 0.05) is 18.7 Å². The fraction of sp³-hybridized carbons (Fsp3) is 0.500. The van der Waals surface area contributed by atoms with Gasteiger partial charge in [-0.05, 0) is 29.0 Å². The third-order valence-electron chi connectivity index (χ3n) is 3.04. The van der Waals surface area contributed by atoms with Crippen molar-refractivity contribution in [1.29, 1.82) is 0 Å². The molecule has 1 fully saturated rings. The van der Waals surface area contributed by atoms with Gasteiger partial charge in [0.1, 0.15) is 5.82 Å². The standard InChI is InChI=1S/C12H16BrFN2O/c1-16-5-6-17-10(7-16)12(15)8-3-2-4-9(13)11(8)14/h2-4,10,12H,5-7,15H2,1H3. The molecule has 1 aromatic rings. The Balaban J connectivity index is 2.18. The summed E-state index contributed by atoms with van der Waals surface area (Å²) in [5.74, 6) is -0.295. The van der Waals surface area contributed by atoms with Gasteiger partial charge in [0.05, 0.1) is 23.2 Å². The van der Waals surface area contributed by atoms with Crippen LogP contribution in [-0.4, -0.2) is 37.7 Å². The Morgan fingerprint density at radius 3 is 3.06 bits per heavy atom. The van der Waals surface area contributed by atoms with E-state index in [0.717, 1.165) is 13.1 Å². The summed E-state index contributed by atoms with van der Waals surface area (Å²) in [5, 5.41) is 0. The van der Waals surface area contributed by atoms with Crippen molar-refractivity contribution in [3.05, 3.63) is 34.1 Å². The van der Waals surface area contributed by atoms with Crippen molar-refractivity contribution in [1.82, 2.24) is 4.90 Å². The highest BCUT2D eigenvalue weighted by atomic mass is 79.9. The molecule has 0 saturated carbocycles. The van der Waals surface area contributed by atoms with Gasteiger partial charge in [-0.25, -0.2) is 4.39 Å². The van der Waals surface area contributed by atoms with Crippen molar-refractivity contribution in [2.24, 2.45) is 5.73 Å². The summed E-state index contributed by atoms with van der Waals surface area (Å²) >= 11 is 3.17. The molecule has 0 amide bonds. The van der Waals surface area contributed by atoms with E-state index in [1.54, 1.807) is 18.2 Å². The van der Waals surface area contributed by atoms with Crippen LogP contribution in [0.15, 0.2) is 22.7 Å². The fourth-order valence-corrected chi connectivity index (χ4v) is 2.39. The summed E-state index contributed by atoms with van der Waals surface area (Å²) in [6.45, 7) is 2.27. The molecule has 1 aromatic carbocycles. The number of likely N-dealkylation sites (N-methyl/N-ethyl adjacent to an activating group) is 1. The number of hydrogen-bond donors (Lipinski definition) is 1. The molecule has 1 aliphatic rings. The Morgan fingerprint density at radius 2 is 2.35 bits per heavy atom. The zero-order chi connectivity index (χ0) is 12.4. The van der Waals surface area contributed by atoms with Gasteiger partial charge in [-0.3, -0.25) is 0 Å². The van der Waals surface area contributed by atoms with Crippen LogP contribution in [0.2, 0.25) is 0 Å². The number of nitrogens with zero attached hydrogens (tertiary/aromatic N) is 1. The average Bonchev–Trinajstić information content (AvgIpc) is 2.32. The molecule has 1 heterocycles. The maximum atomic E-state index is 13.9. The molecule has 3 nitrogen and oxygen atoms in total. The van der Waals surface area contributed by atoms with Gasteiger partial charge in [-0.1, -0.05) is 12.1 Å². The highest BCUT2D eigenvalue weighted by molar-refractivity contribution is 9.10. The van der Waals surface area contributed by atoms with Gasteiger partial charge in [0.2, 0.25) is 0 Å². The largest absolute Gasteiger partial charge is 0.374 e. The average molecular weight is 303 g/mol. The Hall–Kier alpha value is -0.490. The van der Waals surface area contributed by atoms with E-state index in [4.69, 9.17) is 10.5 Å². The Bertz CT molecular complexity index is 402. The van der Waals surface area contributed by atoms with E-state index >= 15 is 0 Å². The summed E-state index contributed by atoms with van der Waals surface area (Å²) in [6, 6.07) is 4.73. The topological polar surface area (TPSA) is 38.5 Å². The predicted octanol–water partition coefficient (Wildman–Crippen LogP) is 1.92. The van der Waals surface area contributed by atoms with Crippen LogP contribution in [0, 0.1) is 5.82 Å². The number of halogens is 2. The Labute approximate surface area is 109 Å². The van der Waals surface area contributed by atoms with E-state index in [9.17, 15) is 4.39 Å². The second-order valence-electron chi connectivity index (χ2n) is 4.34. The predicted molar refractivity (Wildman–Crippen MR) is 68.3 cm³/mol. The summed E-state index contributed by atoms with van der Waals surface area (Å²) in [7, 11) is 2.01. The van der Waals surface area contributed by atoms with E-state index in [0.29, 0.717) is 16.6 Å². The normalized spacial score (nSPS) is 23.6. The van der Waals surface area contributed by atoms with Crippen LogP contribution in [0.5, 0.6) is 0 Å². The first kappa shape index (κ1) is 13.0. The first-order valence-electron chi connectivity index (χ1n) is 5.59. The van der Waals surface area contributed by atoms with Gasteiger partial charge >= 0.3 is 0 Å². The lowest BCUT2D eigenvalue weighted by Crippen LogP contribution is -2.45. The van der Waals surface area contributed by atoms with Crippen LogP contribution < -0.4 is 5.73 Å². The molecule has 2 N–H and O–H groups in total. The smallest absolute Gasteiger partial charge is 0.142 e. The summed E-state index contributed by atoms with van der Waals surface area (Å²) < 4.78 is 20.0. The molecule has 2 rings (SSSR count). The first-order chi connectivity index (χ1) is 8.09. The number of benzene rings is 1. The number of morpholine rings is 1. The molecule has 0 radical (unpaired) electrons. The highest BCUT2D eigenvalue weighted by Gasteiger charge is 2.27. The van der Waals surface area contributed by atoms with Crippen molar-refractivity contribution >= 4 is 15.9 Å². The third-order valence-corrected chi connectivity index (χ3v) is 3.65. The lowest BCUT2D eigenvalue weighted by atomic mass is 10.0. The molecule has 94 valence electrons. The molecule has 0 aromatic heterocycles. The zero-order valence-electron chi connectivity index (χ0n) is 9.70. The molecule has 0 aliphatic carbocycles. The number of nitrogens with two attached hydrogens (primary N) is 1. The van der Waals surface area contributed by atoms with Crippen molar-refractivity contribution in [2.45, 2.75) is 12.1 Å². The Kier molecular flexibility index (Phi) is 4.14. The van der Waals surface area contributed by atoms with E-state index < -0.39 is 6.04 Å². The van der Waals surface area contributed by atoms with Crippen LogP contribution in [0.3, 0.4) is 0 Å². The lowest BCUT2D eigenvalue weighted by Gasteiger charge is -2.33. The lowest BCUT2D eigenvalue weighted by molar-refractivity contribution is -0.0331. The minimum atomic E-state index is -0.435. The first-order valence-corrected chi connectivity index (χ1v) is 6.38. The monoisotopic (exact) mass is 302 g/mol. The SMILES string of the molecule is CN1CCOC(C(N)c2cccc(Br)c2F)C1. The highest BCUT2D eigenvalue weighted by Crippen LogP contribution is 2.26. The molecule has 5 heteroatoms. The van der Waals surface area contributed by atoms with Crippen molar-refractivity contribution in [3.8, 4) is 0 Å². The van der Waals surface area contributed by atoms with Gasteiger partial charge < -0.3 is 15.4 Å². The van der Waals surface area contributed by atoms with Gasteiger partial charge in [0.15, 0.2) is 0 Å². The number of rotatable bonds is 2. The van der Waals surface area contributed by atoms with Crippen LogP contribution in [0.1, 0.15) is 11.6 Å². The van der Waals surface area contributed by atoms with E-state index in [1.165, 1.54) is 0 Å². The second kappa shape index (κ2) is 5.44. The quantitative estimate of drug-likeness (QED) is 0.907. The van der Waals surface area contributed by atoms with Crippen molar-refractivity contribution in [3.63, 3.8) is 0 Å². The zero-order valence-corrected chi connectivity index (χ0v) is 11.3. The van der Waals surface area contributed by atoms with Gasteiger partial charge in [0.25, 0.3) is 0 Å². The Morgan fingerprint density at radius 1 is 1.59 bits per heavy atom. The van der Waals surface area contributed by atoms with Crippen LogP contribution >= 0.6 is 15.9 Å². The molecule has 0 spiro atoms. The molecule has 2 unspecified atom stereocenters. The maximum absolute atomic E-state index is 13.9. The molecule has 0 bridgehead atoms. The molecule has 2 atom stereocenters. The number of hydrogen-bond acceptors (Lipinski definition) is 3. The minimum Gasteiger partial charge on any atom is -0.374 e. The van der Waals surface area contributed by atoms with Gasteiger partial charge in [-0.2, -0.15) is 0 Å². The number of ether oxygens (including phenoxy) is 1.